The van der Waals surface area contributed by atoms with Gasteiger partial charge in [-0.25, -0.2) is 14.4 Å². The summed E-state index contributed by atoms with van der Waals surface area (Å²) in [7, 11) is 0. The minimum absolute atomic E-state index is 0.165. The highest BCUT2D eigenvalue weighted by molar-refractivity contribution is 6.03. The predicted octanol–water partition coefficient (Wildman–Crippen LogP) is 4.59. The molecule has 1 amide bonds. The van der Waals surface area contributed by atoms with Crippen LogP contribution >= 0.6 is 0 Å². The number of pyridine rings is 1. The van der Waals surface area contributed by atoms with Crippen molar-refractivity contribution in [3.05, 3.63) is 102 Å². The maximum absolute atomic E-state index is 13.7. The number of amides is 1. The van der Waals surface area contributed by atoms with Gasteiger partial charge in [0.15, 0.2) is 11.6 Å². The minimum Gasteiger partial charge on any atom is -0.486 e. The molecule has 4 aromatic rings. The normalized spacial score (nSPS) is 10.4. The molecule has 2 heterocycles. The Labute approximate surface area is 178 Å². The van der Waals surface area contributed by atoms with Crippen LogP contribution in [-0.4, -0.2) is 20.9 Å². The van der Waals surface area contributed by atoms with E-state index in [4.69, 9.17) is 4.74 Å². The molecule has 2 aromatic carbocycles. The number of benzene rings is 2. The number of ether oxygens (including phenoxy) is 1. The molecule has 0 aliphatic carbocycles. The van der Waals surface area contributed by atoms with Crippen LogP contribution in [0.15, 0.2) is 85.3 Å². The molecule has 0 bridgehead atoms. The van der Waals surface area contributed by atoms with Gasteiger partial charge in [0.2, 0.25) is 5.95 Å². The molecule has 2 aromatic heterocycles. The zero-order valence-electron chi connectivity index (χ0n) is 16.3. The van der Waals surface area contributed by atoms with Gasteiger partial charge >= 0.3 is 0 Å². The maximum atomic E-state index is 13.7. The van der Waals surface area contributed by atoms with Crippen molar-refractivity contribution in [1.29, 1.82) is 0 Å². The molecule has 0 unspecified atom stereocenters. The molecule has 0 aliphatic heterocycles. The first-order chi connectivity index (χ1) is 15.2. The van der Waals surface area contributed by atoms with E-state index in [1.807, 2.05) is 6.07 Å². The molecule has 0 atom stereocenters. The third-order valence-corrected chi connectivity index (χ3v) is 4.24. The summed E-state index contributed by atoms with van der Waals surface area (Å²) < 4.78 is 19.2. The number of para-hydroxylation sites is 1. The summed E-state index contributed by atoms with van der Waals surface area (Å²) in [6, 6.07) is 18.4. The van der Waals surface area contributed by atoms with Gasteiger partial charge in [-0.05, 0) is 48.0 Å². The standard InChI is InChI=1S/C23H18FN5O2/c24-19-6-1-2-7-21(19)31-15-16-4-3-5-18(14-16)27-22(30)20-10-13-26-23(29-20)28-17-8-11-25-12-9-17/h1-14H,15H2,(H,27,30)(H,25,26,28,29). The Balaban J connectivity index is 1.41. The zero-order valence-corrected chi connectivity index (χ0v) is 16.3. The zero-order chi connectivity index (χ0) is 21.5. The van der Waals surface area contributed by atoms with E-state index in [-0.39, 0.29) is 24.0 Å². The first kappa shape index (κ1) is 20.0. The van der Waals surface area contributed by atoms with E-state index in [1.165, 1.54) is 18.3 Å². The maximum Gasteiger partial charge on any atom is 0.274 e. The molecule has 7 nitrogen and oxygen atoms in total. The van der Waals surface area contributed by atoms with Crippen molar-refractivity contribution < 1.29 is 13.9 Å². The van der Waals surface area contributed by atoms with E-state index in [2.05, 4.69) is 25.6 Å². The molecule has 31 heavy (non-hydrogen) atoms. The van der Waals surface area contributed by atoms with E-state index in [0.29, 0.717) is 11.6 Å². The molecule has 0 radical (unpaired) electrons. The fourth-order valence-electron chi connectivity index (χ4n) is 2.77. The third-order valence-electron chi connectivity index (χ3n) is 4.24. The minimum atomic E-state index is -0.424. The Morgan fingerprint density at radius 1 is 0.935 bits per heavy atom. The Morgan fingerprint density at radius 3 is 2.61 bits per heavy atom. The number of rotatable bonds is 7. The van der Waals surface area contributed by atoms with E-state index < -0.39 is 5.82 Å². The van der Waals surface area contributed by atoms with Crippen LogP contribution in [-0.2, 0) is 6.61 Å². The van der Waals surface area contributed by atoms with Crippen molar-refractivity contribution in [3.63, 3.8) is 0 Å². The Kier molecular flexibility index (Phi) is 6.08. The number of nitrogens with one attached hydrogen (secondary N) is 2. The Hall–Kier alpha value is -4.33. The summed E-state index contributed by atoms with van der Waals surface area (Å²) in [5.41, 5.74) is 2.32. The highest BCUT2D eigenvalue weighted by Crippen LogP contribution is 2.19. The van der Waals surface area contributed by atoms with Gasteiger partial charge in [-0.15, -0.1) is 0 Å². The second-order valence-corrected chi connectivity index (χ2v) is 6.50. The number of halogens is 1. The van der Waals surface area contributed by atoms with Gasteiger partial charge in [0.05, 0.1) is 0 Å². The van der Waals surface area contributed by atoms with Crippen molar-refractivity contribution in [2.24, 2.45) is 0 Å². The van der Waals surface area contributed by atoms with Crippen molar-refractivity contribution in [2.45, 2.75) is 6.61 Å². The van der Waals surface area contributed by atoms with Crippen molar-refractivity contribution in [3.8, 4) is 5.75 Å². The van der Waals surface area contributed by atoms with Gasteiger partial charge in [-0.3, -0.25) is 9.78 Å². The number of carbonyl (C=O) groups excluding carboxylic acids is 1. The van der Waals surface area contributed by atoms with E-state index in [9.17, 15) is 9.18 Å². The van der Waals surface area contributed by atoms with Crippen LogP contribution in [0.4, 0.5) is 21.7 Å². The number of nitrogens with zero attached hydrogens (tertiary/aromatic N) is 3. The lowest BCUT2D eigenvalue weighted by atomic mass is 10.2. The molecular weight excluding hydrogens is 397 g/mol. The van der Waals surface area contributed by atoms with Gasteiger partial charge in [-0.2, -0.15) is 0 Å². The Morgan fingerprint density at radius 2 is 1.77 bits per heavy atom. The Bertz CT molecular complexity index is 1190. The van der Waals surface area contributed by atoms with Crippen molar-refractivity contribution >= 4 is 23.2 Å². The molecular formula is C23H18FN5O2. The van der Waals surface area contributed by atoms with Gasteiger partial charge in [0, 0.05) is 30.0 Å². The fraction of sp³-hybridized carbons (Fsp3) is 0.0435. The lowest BCUT2D eigenvalue weighted by molar-refractivity contribution is 0.102. The van der Waals surface area contributed by atoms with Crippen LogP contribution in [0, 0.1) is 5.82 Å². The molecule has 8 heteroatoms. The van der Waals surface area contributed by atoms with Crippen LogP contribution in [0.2, 0.25) is 0 Å². The van der Waals surface area contributed by atoms with Gasteiger partial charge in [-0.1, -0.05) is 24.3 Å². The van der Waals surface area contributed by atoms with E-state index in [0.717, 1.165) is 11.3 Å². The molecule has 0 spiro atoms. The smallest absolute Gasteiger partial charge is 0.274 e. The molecule has 154 valence electrons. The number of hydrogen-bond donors (Lipinski definition) is 2. The predicted molar refractivity (Wildman–Crippen MR) is 115 cm³/mol. The fourth-order valence-corrected chi connectivity index (χ4v) is 2.77. The second kappa shape index (κ2) is 9.45. The molecule has 0 saturated carbocycles. The lowest BCUT2D eigenvalue weighted by Crippen LogP contribution is -2.15. The summed E-state index contributed by atoms with van der Waals surface area (Å²) in [4.78, 5) is 25.0. The summed E-state index contributed by atoms with van der Waals surface area (Å²) in [6.45, 7) is 0.165. The van der Waals surface area contributed by atoms with Crippen molar-refractivity contribution in [2.75, 3.05) is 10.6 Å². The highest BCUT2D eigenvalue weighted by atomic mass is 19.1. The summed E-state index contributed by atoms with van der Waals surface area (Å²) in [6.07, 6.45) is 4.79. The third kappa shape index (κ3) is 5.39. The van der Waals surface area contributed by atoms with Crippen LogP contribution in [0.3, 0.4) is 0 Å². The number of aromatic nitrogens is 3. The average Bonchev–Trinajstić information content (AvgIpc) is 2.80. The van der Waals surface area contributed by atoms with Crippen LogP contribution in [0.1, 0.15) is 16.1 Å². The van der Waals surface area contributed by atoms with Gasteiger partial charge in [0.25, 0.3) is 5.91 Å². The summed E-state index contributed by atoms with van der Waals surface area (Å²) in [5, 5.41) is 5.82. The first-order valence-corrected chi connectivity index (χ1v) is 9.45. The topological polar surface area (TPSA) is 89.0 Å². The first-order valence-electron chi connectivity index (χ1n) is 9.45. The summed E-state index contributed by atoms with van der Waals surface area (Å²) in [5.74, 6) is -0.336. The van der Waals surface area contributed by atoms with Gasteiger partial charge in [0.1, 0.15) is 12.3 Å². The average molecular weight is 415 g/mol. The van der Waals surface area contributed by atoms with E-state index in [1.54, 1.807) is 60.9 Å². The summed E-state index contributed by atoms with van der Waals surface area (Å²) >= 11 is 0. The number of anilines is 3. The van der Waals surface area contributed by atoms with Crippen molar-refractivity contribution in [1.82, 2.24) is 15.0 Å². The van der Waals surface area contributed by atoms with Crippen LogP contribution in [0.5, 0.6) is 5.75 Å². The quantitative estimate of drug-likeness (QED) is 0.459. The molecule has 2 N–H and O–H groups in total. The van der Waals surface area contributed by atoms with E-state index >= 15 is 0 Å². The largest absolute Gasteiger partial charge is 0.486 e. The number of hydrogen-bond acceptors (Lipinski definition) is 6. The highest BCUT2D eigenvalue weighted by Gasteiger charge is 2.10. The number of carbonyl (C=O) groups is 1. The monoisotopic (exact) mass is 415 g/mol. The van der Waals surface area contributed by atoms with Crippen LogP contribution in [0.25, 0.3) is 0 Å². The molecule has 4 rings (SSSR count). The van der Waals surface area contributed by atoms with Crippen LogP contribution < -0.4 is 15.4 Å². The molecule has 0 fully saturated rings. The second-order valence-electron chi connectivity index (χ2n) is 6.50. The SMILES string of the molecule is O=C(Nc1cccc(COc2ccccc2F)c1)c1ccnc(Nc2ccncc2)n1. The lowest BCUT2D eigenvalue weighted by Gasteiger charge is -2.10. The van der Waals surface area contributed by atoms with Gasteiger partial charge < -0.3 is 15.4 Å². The molecule has 0 saturated heterocycles. The molecule has 0 aliphatic rings.